The van der Waals surface area contributed by atoms with Crippen LogP contribution in [0.5, 0.6) is 0 Å². The molecule has 1 atom stereocenters. The molecule has 112 valence electrons. The van der Waals surface area contributed by atoms with Crippen LogP contribution >= 0.6 is 0 Å². The van der Waals surface area contributed by atoms with Gasteiger partial charge in [0.05, 0.1) is 10.9 Å². The lowest BCUT2D eigenvalue weighted by atomic mass is 10.3. The van der Waals surface area contributed by atoms with Crippen LogP contribution in [0.2, 0.25) is 0 Å². The Morgan fingerprint density at radius 3 is 2.75 bits per heavy atom. The van der Waals surface area contributed by atoms with Crippen molar-refractivity contribution in [3.63, 3.8) is 0 Å². The van der Waals surface area contributed by atoms with E-state index < -0.39 is 21.1 Å². The van der Waals surface area contributed by atoms with E-state index in [1.165, 1.54) is 0 Å². The quantitative estimate of drug-likeness (QED) is 0.888. The predicted octanol–water partition coefficient (Wildman–Crippen LogP) is 0.751. The van der Waals surface area contributed by atoms with Crippen molar-refractivity contribution in [3.05, 3.63) is 17.3 Å². The van der Waals surface area contributed by atoms with Crippen molar-refractivity contribution in [3.8, 4) is 0 Å². The molecule has 1 aromatic heterocycles. The Bertz CT molecular complexity index is 606. The van der Waals surface area contributed by atoms with Gasteiger partial charge in [-0.1, -0.05) is 6.92 Å². The fourth-order valence-electron chi connectivity index (χ4n) is 2.38. The van der Waals surface area contributed by atoms with Crippen LogP contribution < -0.4 is 9.62 Å². The molecule has 0 spiro atoms. The third kappa shape index (κ3) is 2.90. The number of sulfonamides is 1. The minimum Gasteiger partial charge on any atom is -0.353 e. The smallest absolute Gasteiger partial charge is 0.216 e. The molecule has 1 aromatic rings. The number of aryl methyl sites for hydroxylation is 2. The van der Waals surface area contributed by atoms with E-state index in [1.54, 1.807) is 25.7 Å². The summed E-state index contributed by atoms with van der Waals surface area (Å²) in [4.78, 5) is 9.74. The normalized spacial score (nSPS) is 19.6. The molecule has 2 rings (SSSR count). The predicted molar refractivity (Wildman–Crippen MR) is 74.7 cm³/mol. The molecule has 0 aliphatic carbocycles. The summed E-state index contributed by atoms with van der Waals surface area (Å²) in [5, 5.41) is -0.530. The Hall–Kier alpha value is -1.28. The molecule has 1 fully saturated rings. The van der Waals surface area contributed by atoms with Crippen molar-refractivity contribution in [1.29, 1.82) is 0 Å². The van der Waals surface area contributed by atoms with E-state index in [0.717, 1.165) is 0 Å². The van der Waals surface area contributed by atoms with Crippen LogP contribution in [0, 0.1) is 19.7 Å². The van der Waals surface area contributed by atoms with Gasteiger partial charge in [-0.25, -0.2) is 27.5 Å². The Morgan fingerprint density at radius 1 is 1.40 bits per heavy atom. The molecule has 0 saturated carbocycles. The molecule has 1 unspecified atom stereocenters. The summed E-state index contributed by atoms with van der Waals surface area (Å²) in [5.74, 6) is 0.207. The highest BCUT2D eigenvalue weighted by atomic mass is 32.2. The monoisotopic (exact) mass is 302 g/mol. The van der Waals surface area contributed by atoms with E-state index in [2.05, 4.69) is 14.7 Å². The molecule has 6 nitrogen and oxygen atoms in total. The van der Waals surface area contributed by atoms with Crippen LogP contribution in [-0.4, -0.2) is 43.3 Å². The molecule has 2 heterocycles. The zero-order valence-corrected chi connectivity index (χ0v) is 12.7. The summed E-state index contributed by atoms with van der Waals surface area (Å²) in [6.07, 6.45) is 0.469. The Labute approximate surface area is 118 Å². The van der Waals surface area contributed by atoms with Crippen LogP contribution in [0.15, 0.2) is 0 Å². The molecular formula is C12H19FN4O2S. The van der Waals surface area contributed by atoms with Gasteiger partial charge in [0.2, 0.25) is 10.0 Å². The Balaban J connectivity index is 2.22. The number of hydrogen-bond donors (Lipinski definition) is 1. The minimum absolute atomic E-state index is 0.198. The Morgan fingerprint density at radius 2 is 2.10 bits per heavy atom. The summed E-state index contributed by atoms with van der Waals surface area (Å²) >= 11 is 0. The van der Waals surface area contributed by atoms with Gasteiger partial charge < -0.3 is 4.90 Å². The molecule has 1 aliphatic heterocycles. The molecule has 20 heavy (non-hydrogen) atoms. The molecule has 0 bridgehead atoms. The zero-order valence-electron chi connectivity index (χ0n) is 11.9. The number of aromatic nitrogens is 2. The summed E-state index contributed by atoms with van der Waals surface area (Å²) in [6.45, 7) is 6.10. The van der Waals surface area contributed by atoms with E-state index in [-0.39, 0.29) is 18.1 Å². The van der Waals surface area contributed by atoms with Gasteiger partial charge in [0.25, 0.3) is 0 Å². The first-order valence-electron chi connectivity index (χ1n) is 6.59. The van der Waals surface area contributed by atoms with Crippen molar-refractivity contribution in [1.82, 2.24) is 14.7 Å². The summed E-state index contributed by atoms with van der Waals surface area (Å²) in [7, 11) is -3.34. The number of anilines is 1. The van der Waals surface area contributed by atoms with Gasteiger partial charge >= 0.3 is 0 Å². The van der Waals surface area contributed by atoms with E-state index >= 15 is 0 Å². The molecule has 1 saturated heterocycles. The molecule has 8 heteroatoms. The second-order valence-corrected chi connectivity index (χ2v) is 6.94. The Kier molecular flexibility index (Phi) is 4.24. The van der Waals surface area contributed by atoms with Gasteiger partial charge in [0, 0.05) is 19.6 Å². The molecular weight excluding hydrogens is 283 g/mol. The van der Waals surface area contributed by atoms with Gasteiger partial charge in [0.1, 0.15) is 5.82 Å². The number of nitrogens with zero attached hydrogens (tertiary/aromatic N) is 3. The van der Waals surface area contributed by atoms with E-state index in [4.69, 9.17) is 0 Å². The highest BCUT2D eigenvalue weighted by Gasteiger charge is 2.34. The van der Waals surface area contributed by atoms with Crippen LogP contribution in [0.3, 0.4) is 0 Å². The first-order valence-corrected chi connectivity index (χ1v) is 8.14. The van der Waals surface area contributed by atoms with E-state index in [1.807, 2.05) is 0 Å². The lowest BCUT2D eigenvalue weighted by Gasteiger charge is -2.19. The van der Waals surface area contributed by atoms with Crippen molar-refractivity contribution in [2.75, 3.05) is 24.5 Å². The lowest BCUT2D eigenvalue weighted by Crippen LogP contribution is -2.36. The highest BCUT2D eigenvalue weighted by molar-refractivity contribution is 7.90. The molecule has 0 aromatic carbocycles. The van der Waals surface area contributed by atoms with Gasteiger partial charge in [-0.05, 0) is 20.3 Å². The van der Waals surface area contributed by atoms with Crippen LogP contribution in [0.1, 0.15) is 24.9 Å². The number of nitrogens with one attached hydrogen (secondary N) is 1. The largest absolute Gasteiger partial charge is 0.353 e. The first kappa shape index (κ1) is 15.1. The molecule has 0 amide bonds. The van der Waals surface area contributed by atoms with Gasteiger partial charge in [-0.15, -0.1) is 0 Å². The van der Waals surface area contributed by atoms with Crippen molar-refractivity contribution >= 4 is 15.8 Å². The van der Waals surface area contributed by atoms with Crippen LogP contribution in [0.25, 0.3) is 0 Å². The topological polar surface area (TPSA) is 75.2 Å². The second-order valence-electron chi connectivity index (χ2n) is 4.89. The molecule has 0 radical (unpaired) electrons. The lowest BCUT2D eigenvalue weighted by molar-refractivity contribution is 0.570. The van der Waals surface area contributed by atoms with Crippen molar-refractivity contribution < 1.29 is 12.8 Å². The summed E-state index contributed by atoms with van der Waals surface area (Å²) in [6, 6.07) is 0. The maximum atomic E-state index is 14.1. The first-order chi connectivity index (χ1) is 9.35. The van der Waals surface area contributed by atoms with Crippen molar-refractivity contribution in [2.24, 2.45) is 0 Å². The SMILES string of the molecule is CCNS(=O)(=O)C1CCN(c2nc(C)nc(C)c2F)C1. The second kappa shape index (κ2) is 5.61. The molecule has 1 aliphatic rings. The average molecular weight is 302 g/mol. The summed E-state index contributed by atoms with van der Waals surface area (Å²) < 4.78 is 40.5. The standard InChI is InChI=1S/C12H19FN4O2S/c1-4-14-20(18,19)10-5-6-17(7-10)12-11(13)8(2)15-9(3)16-12/h10,14H,4-7H2,1-3H3. The van der Waals surface area contributed by atoms with E-state index in [9.17, 15) is 12.8 Å². The fraction of sp³-hybridized carbons (Fsp3) is 0.667. The maximum absolute atomic E-state index is 14.1. The number of rotatable bonds is 4. The van der Waals surface area contributed by atoms with Crippen LogP contribution in [-0.2, 0) is 10.0 Å². The van der Waals surface area contributed by atoms with E-state index in [0.29, 0.717) is 25.3 Å². The third-order valence-electron chi connectivity index (χ3n) is 3.34. The molecule has 1 N–H and O–H groups in total. The van der Waals surface area contributed by atoms with Crippen molar-refractivity contribution in [2.45, 2.75) is 32.4 Å². The fourth-order valence-corrected chi connectivity index (χ4v) is 3.81. The highest BCUT2D eigenvalue weighted by Crippen LogP contribution is 2.25. The van der Waals surface area contributed by atoms with Gasteiger partial charge in [-0.2, -0.15) is 0 Å². The third-order valence-corrected chi connectivity index (χ3v) is 5.29. The average Bonchev–Trinajstić information content (AvgIpc) is 2.83. The maximum Gasteiger partial charge on any atom is 0.216 e. The zero-order chi connectivity index (χ0) is 14.9. The minimum atomic E-state index is -3.34. The number of hydrogen-bond acceptors (Lipinski definition) is 5. The summed E-state index contributed by atoms with van der Waals surface area (Å²) in [5.41, 5.74) is 0.283. The van der Waals surface area contributed by atoms with Gasteiger partial charge in [0.15, 0.2) is 11.6 Å². The number of halogens is 1. The van der Waals surface area contributed by atoms with Crippen LogP contribution in [0.4, 0.5) is 10.2 Å². The van der Waals surface area contributed by atoms with Gasteiger partial charge in [-0.3, -0.25) is 0 Å².